The summed E-state index contributed by atoms with van der Waals surface area (Å²) >= 11 is 0. The van der Waals surface area contributed by atoms with E-state index in [9.17, 15) is 0 Å². The molecule has 59 valence electrons. The van der Waals surface area contributed by atoms with Gasteiger partial charge in [0.1, 0.15) is 5.76 Å². The second-order valence-electron chi connectivity index (χ2n) is 2.76. The molecule has 0 N–H and O–H groups in total. The van der Waals surface area contributed by atoms with Crippen LogP contribution in [0.4, 0.5) is 0 Å². The van der Waals surface area contributed by atoms with Crippen LogP contribution in [0.1, 0.15) is 5.56 Å². The van der Waals surface area contributed by atoms with Gasteiger partial charge in [-0.15, -0.1) is 0 Å². The molecule has 0 amide bonds. The number of hydrogen-bond acceptors (Lipinski definition) is 1. The molecule has 0 aliphatic rings. The van der Waals surface area contributed by atoms with Crippen LogP contribution in [0.25, 0.3) is 11.3 Å². The van der Waals surface area contributed by atoms with E-state index in [-0.39, 0.29) is 0 Å². The standard InChI is InChI=1S/C11H9O/c1-9-7-11(12-8-9)10-5-3-2-4-6-10/h2-5,7-8H,1H3. The summed E-state index contributed by atoms with van der Waals surface area (Å²) in [5.41, 5.74) is 2.15. The minimum absolute atomic E-state index is 0.883. The van der Waals surface area contributed by atoms with Crippen LogP contribution in [0.2, 0.25) is 0 Å². The molecule has 1 heterocycles. The summed E-state index contributed by atoms with van der Waals surface area (Å²) in [6.07, 6.45) is 1.75. The molecule has 2 rings (SSSR count). The maximum Gasteiger partial charge on any atom is 0.134 e. The highest BCUT2D eigenvalue weighted by Crippen LogP contribution is 2.20. The fourth-order valence-corrected chi connectivity index (χ4v) is 1.12. The van der Waals surface area contributed by atoms with Crippen molar-refractivity contribution >= 4 is 0 Å². The van der Waals surface area contributed by atoms with Gasteiger partial charge in [-0.25, -0.2) is 0 Å². The lowest BCUT2D eigenvalue weighted by Gasteiger charge is -1.92. The third-order valence-electron chi connectivity index (χ3n) is 1.71. The van der Waals surface area contributed by atoms with Gasteiger partial charge in [0, 0.05) is 5.56 Å². The highest BCUT2D eigenvalue weighted by Gasteiger charge is 1.99. The fraction of sp³-hybridized carbons (Fsp3) is 0.0909. The van der Waals surface area contributed by atoms with E-state index in [0.717, 1.165) is 16.9 Å². The average molecular weight is 157 g/mol. The van der Waals surface area contributed by atoms with Crippen molar-refractivity contribution in [2.45, 2.75) is 6.92 Å². The van der Waals surface area contributed by atoms with E-state index in [1.807, 2.05) is 37.3 Å². The van der Waals surface area contributed by atoms with E-state index in [4.69, 9.17) is 4.42 Å². The Bertz CT molecular complexity index is 360. The Kier molecular flexibility index (Phi) is 1.71. The molecule has 0 aliphatic carbocycles. The molecule has 1 nitrogen and oxygen atoms in total. The molecule has 0 saturated heterocycles. The van der Waals surface area contributed by atoms with Gasteiger partial charge in [-0.1, -0.05) is 24.3 Å². The molecule has 0 aliphatic heterocycles. The zero-order valence-corrected chi connectivity index (χ0v) is 6.87. The Morgan fingerprint density at radius 3 is 2.83 bits per heavy atom. The number of benzene rings is 1. The van der Waals surface area contributed by atoms with Crippen LogP contribution in [-0.4, -0.2) is 0 Å². The first-order chi connectivity index (χ1) is 5.86. The van der Waals surface area contributed by atoms with E-state index >= 15 is 0 Å². The molecule has 0 atom stereocenters. The molecule has 0 spiro atoms. The lowest BCUT2D eigenvalue weighted by atomic mass is 10.2. The summed E-state index contributed by atoms with van der Waals surface area (Å²) in [6, 6.07) is 12.9. The minimum Gasteiger partial charge on any atom is -0.464 e. The van der Waals surface area contributed by atoms with E-state index in [0.29, 0.717) is 0 Å². The number of furan rings is 1. The Labute approximate surface area is 71.6 Å². The van der Waals surface area contributed by atoms with Crippen LogP contribution in [0.5, 0.6) is 0 Å². The summed E-state index contributed by atoms with van der Waals surface area (Å²) < 4.78 is 5.32. The Morgan fingerprint density at radius 1 is 1.33 bits per heavy atom. The topological polar surface area (TPSA) is 13.1 Å². The lowest BCUT2D eigenvalue weighted by Crippen LogP contribution is -1.70. The van der Waals surface area contributed by atoms with Crippen LogP contribution >= 0.6 is 0 Å². The molecule has 0 unspecified atom stereocenters. The molecule has 0 bridgehead atoms. The van der Waals surface area contributed by atoms with Gasteiger partial charge < -0.3 is 4.42 Å². The van der Waals surface area contributed by atoms with Crippen LogP contribution in [-0.2, 0) is 0 Å². The first-order valence-electron chi connectivity index (χ1n) is 3.88. The highest BCUT2D eigenvalue weighted by molar-refractivity contribution is 5.56. The lowest BCUT2D eigenvalue weighted by molar-refractivity contribution is 0.580. The molecule has 0 fully saturated rings. The van der Waals surface area contributed by atoms with Crippen LogP contribution < -0.4 is 0 Å². The molecule has 2 aromatic rings. The zero-order chi connectivity index (χ0) is 8.39. The van der Waals surface area contributed by atoms with Gasteiger partial charge in [0.2, 0.25) is 0 Å². The van der Waals surface area contributed by atoms with Crippen molar-refractivity contribution < 1.29 is 4.42 Å². The fourth-order valence-electron chi connectivity index (χ4n) is 1.12. The van der Waals surface area contributed by atoms with Gasteiger partial charge in [0.25, 0.3) is 0 Å². The van der Waals surface area contributed by atoms with Crippen molar-refractivity contribution in [2.24, 2.45) is 0 Å². The van der Waals surface area contributed by atoms with Crippen LogP contribution in [0.15, 0.2) is 41.0 Å². The van der Waals surface area contributed by atoms with Crippen molar-refractivity contribution in [3.8, 4) is 11.3 Å². The smallest absolute Gasteiger partial charge is 0.134 e. The molecule has 1 aromatic carbocycles. The Morgan fingerprint density at radius 2 is 2.25 bits per heavy atom. The predicted molar refractivity (Wildman–Crippen MR) is 47.7 cm³/mol. The second kappa shape index (κ2) is 2.86. The van der Waals surface area contributed by atoms with Gasteiger partial charge in [0.15, 0.2) is 0 Å². The van der Waals surface area contributed by atoms with Crippen molar-refractivity contribution in [1.82, 2.24) is 0 Å². The van der Waals surface area contributed by atoms with Gasteiger partial charge in [-0.05, 0) is 24.6 Å². The quantitative estimate of drug-likeness (QED) is 0.620. The van der Waals surface area contributed by atoms with Crippen molar-refractivity contribution in [3.63, 3.8) is 0 Å². The van der Waals surface area contributed by atoms with E-state index < -0.39 is 0 Å². The SMILES string of the molecule is Cc1coc(-c2[c]cccc2)c1. The monoisotopic (exact) mass is 157 g/mol. The van der Waals surface area contributed by atoms with Crippen LogP contribution in [0, 0.1) is 13.0 Å². The molecule has 0 saturated carbocycles. The van der Waals surface area contributed by atoms with Crippen molar-refractivity contribution in [3.05, 3.63) is 48.2 Å². The Hall–Kier alpha value is -1.50. The van der Waals surface area contributed by atoms with Gasteiger partial charge in [-0.2, -0.15) is 0 Å². The number of rotatable bonds is 1. The second-order valence-corrected chi connectivity index (χ2v) is 2.76. The first kappa shape index (κ1) is 7.17. The first-order valence-corrected chi connectivity index (χ1v) is 3.88. The minimum atomic E-state index is 0.883. The highest BCUT2D eigenvalue weighted by atomic mass is 16.3. The average Bonchev–Trinajstić information content (AvgIpc) is 2.54. The summed E-state index contributed by atoms with van der Waals surface area (Å²) in [4.78, 5) is 0. The summed E-state index contributed by atoms with van der Waals surface area (Å²) in [5, 5.41) is 0. The molecule has 1 radical (unpaired) electrons. The van der Waals surface area contributed by atoms with Crippen molar-refractivity contribution in [2.75, 3.05) is 0 Å². The van der Waals surface area contributed by atoms with Crippen LogP contribution in [0.3, 0.4) is 0 Å². The van der Waals surface area contributed by atoms with E-state index in [1.54, 1.807) is 6.26 Å². The van der Waals surface area contributed by atoms with Gasteiger partial charge >= 0.3 is 0 Å². The van der Waals surface area contributed by atoms with E-state index in [2.05, 4.69) is 6.07 Å². The summed E-state index contributed by atoms with van der Waals surface area (Å²) in [5.74, 6) is 0.883. The number of aryl methyl sites for hydroxylation is 1. The summed E-state index contributed by atoms with van der Waals surface area (Å²) in [7, 11) is 0. The van der Waals surface area contributed by atoms with Gasteiger partial charge in [-0.3, -0.25) is 0 Å². The normalized spacial score (nSPS) is 10.1. The van der Waals surface area contributed by atoms with Gasteiger partial charge in [0.05, 0.1) is 6.26 Å². The molecule has 1 heteroatoms. The largest absolute Gasteiger partial charge is 0.464 e. The summed E-state index contributed by atoms with van der Waals surface area (Å²) in [6.45, 7) is 2.01. The number of hydrogen-bond donors (Lipinski definition) is 0. The molecular formula is C11H9O. The third-order valence-corrected chi connectivity index (χ3v) is 1.71. The Balaban J connectivity index is 2.45. The maximum atomic E-state index is 5.32. The predicted octanol–water partition coefficient (Wildman–Crippen LogP) is 3.06. The molecular weight excluding hydrogens is 148 g/mol. The maximum absolute atomic E-state index is 5.32. The third kappa shape index (κ3) is 1.26. The molecule has 12 heavy (non-hydrogen) atoms. The van der Waals surface area contributed by atoms with E-state index in [1.165, 1.54) is 0 Å². The molecule has 1 aromatic heterocycles. The van der Waals surface area contributed by atoms with Crippen molar-refractivity contribution in [1.29, 1.82) is 0 Å². The zero-order valence-electron chi connectivity index (χ0n) is 6.87.